The van der Waals surface area contributed by atoms with Gasteiger partial charge in [-0.15, -0.1) is 11.3 Å². The Labute approximate surface area is 161 Å². The van der Waals surface area contributed by atoms with E-state index in [0.717, 1.165) is 32.7 Å². The van der Waals surface area contributed by atoms with Gasteiger partial charge in [-0.3, -0.25) is 0 Å². The monoisotopic (exact) mass is 377 g/mol. The minimum Gasteiger partial charge on any atom is -0.504 e. The number of nitrogens with one attached hydrogen (secondary N) is 1. The Hall–Kier alpha value is -3.12. The third kappa shape index (κ3) is 3.44. The molecule has 27 heavy (non-hydrogen) atoms. The van der Waals surface area contributed by atoms with Crippen LogP contribution < -0.4 is 10.1 Å². The number of hydrogen-bond acceptors (Lipinski definition) is 6. The van der Waals surface area contributed by atoms with Crippen molar-refractivity contribution in [3.8, 4) is 22.6 Å². The second kappa shape index (κ2) is 7.25. The lowest BCUT2D eigenvalue weighted by Crippen LogP contribution is -2.02. The Kier molecular flexibility index (Phi) is 4.64. The number of benzene rings is 2. The summed E-state index contributed by atoms with van der Waals surface area (Å²) in [6.45, 7) is 2.61. The van der Waals surface area contributed by atoms with Crippen LogP contribution in [0.2, 0.25) is 0 Å². The number of phenols is 1. The zero-order valence-electron chi connectivity index (χ0n) is 15.1. The smallest absolute Gasteiger partial charge is 0.160 e. The topological polar surface area (TPSA) is 67.3 Å². The lowest BCUT2D eigenvalue weighted by molar-refractivity contribution is 0.373. The van der Waals surface area contributed by atoms with E-state index in [4.69, 9.17) is 4.74 Å². The molecule has 2 aromatic carbocycles. The summed E-state index contributed by atoms with van der Waals surface area (Å²) >= 11 is 1.61. The third-order valence-corrected chi connectivity index (χ3v) is 5.32. The van der Waals surface area contributed by atoms with Crippen LogP contribution in [0.5, 0.6) is 11.5 Å². The van der Waals surface area contributed by atoms with Crippen molar-refractivity contribution >= 4 is 27.4 Å². The summed E-state index contributed by atoms with van der Waals surface area (Å²) in [6, 6.07) is 13.8. The molecule has 0 aliphatic rings. The molecule has 2 aromatic heterocycles. The van der Waals surface area contributed by atoms with Gasteiger partial charge in [0.05, 0.1) is 12.5 Å². The fraction of sp³-hybridized carbons (Fsp3) is 0.143. The molecule has 0 atom stereocenters. The minimum atomic E-state index is 0.125. The lowest BCUT2D eigenvalue weighted by Gasteiger charge is -2.10. The van der Waals surface area contributed by atoms with E-state index in [1.807, 2.05) is 6.07 Å². The number of ether oxygens (including phenoxy) is 1. The first-order valence-electron chi connectivity index (χ1n) is 8.54. The predicted octanol–water partition coefficient (Wildman–Crippen LogP) is 4.99. The average Bonchev–Trinajstić information content (AvgIpc) is 3.12. The van der Waals surface area contributed by atoms with Gasteiger partial charge in [0.15, 0.2) is 11.5 Å². The molecular weight excluding hydrogens is 358 g/mol. The number of aryl methyl sites for hydroxylation is 1. The summed E-state index contributed by atoms with van der Waals surface area (Å²) in [5.74, 6) is 1.37. The molecule has 4 rings (SSSR count). The molecule has 136 valence electrons. The second-order valence-corrected chi connectivity index (χ2v) is 7.14. The van der Waals surface area contributed by atoms with Crippen molar-refractivity contribution in [2.75, 3.05) is 12.4 Å². The number of phenolic OH excluding ortho intramolecular Hbond substituents is 1. The molecule has 0 aliphatic carbocycles. The van der Waals surface area contributed by atoms with Gasteiger partial charge in [-0.1, -0.05) is 35.9 Å². The molecular formula is C21H19N3O2S. The van der Waals surface area contributed by atoms with Gasteiger partial charge >= 0.3 is 0 Å². The Bertz CT molecular complexity index is 1090. The highest BCUT2D eigenvalue weighted by Crippen LogP contribution is 2.36. The van der Waals surface area contributed by atoms with Crippen LogP contribution in [0.1, 0.15) is 11.1 Å². The van der Waals surface area contributed by atoms with Gasteiger partial charge in [0.1, 0.15) is 17.0 Å². The van der Waals surface area contributed by atoms with E-state index in [9.17, 15) is 5.11 Å². The molecule has 0 amide bonds. The van der Waals surface area contributed by atoms with Crippen molar-refractivity contribution in [1.29, 1.82) is 0 Å². The van der Waals surface area contributed by atoms with Crippen molar-refractivity contribution in [2.24, 2.45) is 0 Å². The standard InChI is InChI=1S/C21H19N3O2S/c1-13-3-6-15(7-4-13)16-11-27-21-19(16)20(23-12-24-21)22-10-14-5-8-18(26-2)17(25)9-14/h3-9,11-12,25H,10H2,1-2H3,(H,22,23,24). The zero-order valence-corrected chi connectivity index (χ0v) is 15.9. The number of methoxy groups -OCH3 is 1. The molecule has 0 saturated heterocycles. The van der Waals surface area contributed by atoms with Gasteiger partial charge < -0.3 is 15.2 Å². The highest BCUT2D eigenvalue weighted by atomic mass is 32.1. The predicted molar refractivity (Wildman–Crippen MR) is 110 cm³/mol. The minimum absolute atomic E-state index is 0.125. The Morgan fingerprint density at radius 3 is 2.67 bits per heavy atom. The third-order valence-electron chi connectivity index (χ3n) is 4.44. The van der Waals surface area contributed by atoms with E-state index >= 15 is 0 Å². The van der Waals surface area contributed by atoms with E-state index in [0.29, 0.717) is 12.3 Å². The van der Waals surface area contributed by atoms with Crippen molar-refractivity contribution in [1.82, 2.24) is 9.97 Å². The van der Waals surface area contributed by atoms with Crippen LogP contribution in [0.4, 0.5) is 5.82 Å². The first kappa shape index (κ1) is 17.3. The number of hydrogen-bond donors (Lipinski definition) is 2. The number of nitrogens with zero attached hydrogens (tertiary/aromatic N) is 2. The number of fused-ring (bicyclic) bond motifs is 1. The molecule has 5 nitrogen and oxygen atoms in total. The highest BCUT2D eigenvalue weighted by molar-refractivity contribution is 7.17. The van der Waals surface area contributed by atoms with E-state index in [1.54, 1.807) is 29.8 Å². The second-order valence-electron chi connectivity index (χ2n) is 6.28. The fourth-order valence-corrected chi connectivity index (χ4v) is 3.90. The van der Waals surface area contributed by atoms with Crippen LogP contribution in [0.25, 0.3) is 21.3 Å². The van der Waals surface area contributed by atoms with Gasteiger partial charge in [0.2, 0.25) is 0 Å². The number of thiophene rings is 1. The quantitative estimate of drug-likeness (QED) is 0.513. The van der Waals surface area contributed by atoms with E-state index in [1.165, 1.54) is 12.7 Å². The molecule has 0 radical (unpaired) electrons. The summed E-state index contributed by atoms with van der Waals surface area (Å²) in [5, 5.41) is 16.5. The van der Waals surface area contributed by atoms with Crippen molar-refractivity contribution in [3.63, 3.8) is 0 Å². The number of rotatable bonds is 5. The molecule has 0 aliphatic heterocycles. The lowest BCUT2D eigenvalue weighted by atomic mass is 10.0. The van der Waals surface area contributed by atoms with Crippen LogP contribution >= 0.6 is 11.3 Å². The fourth-order valence-electron chi connectivity index (χ4n) is 2.99. The van der Waals surface area contributed by atoms with Gasteiger partial charge in [-0.25, -0.2) is 9.97 Å². The van der Waals surface area contributed by atoms with Gasteiger partial charge in [-0.05, 0) is 30.2 Å². The van der Waals surface area contributed by atoms with Crippen LogP contribution in [-0.4, -0.2) is 22.2 Å². The summed E-state index contributed by atoms with van der Waals surface area (Å²) in [6.07, 6.45) is 1.57. The van der Waals surface area contributed by atoms with Crippen molar-refractivity contribution < 1.29 is 9.84 Å². The molecule has 0 saturated carbocycles. The van der Waals surface area contributed by atoms with Crippen molar-refractivity contribution in [3.05, 3.63) is 65.3 Å². The maximum atomic E-state index is 9.97. The summed E-state index contributed by atoms with van der Waals surface area (Å²) in [5.41, 5.74) is 4.43. The average molecular weight is 377 g/mol. The molecule has 0 spiro atoms. The molecule has 0 fully saturated rings. The van der Waals surface area contributed by atoms with Crippen LogP contribution in [-0.2, 0) is 6.54 Å². The summed E-state index contributed by atoms with van der Waals surface area (Å²) in [4.78, 5) is 9.80. The van der Waals surface area contributed by atoms with E-state index < -0.39 is 0 Å². The highest BCUT2D eigenvalue weighted by Gasteiger charge is 2.13. The van der Waals surface area contributed by atoms with E-state index in [-0.39, 0.29) is 5.75 Å². The summed E-state index contributed by atoms with van der Waals surface area (Å²) < 4.78 is 5.09. The Morgan fingerprint density at radius 2 is 1.93 bits per heavy atom. The largest absolute Gasteiger partial charge is 0.504 e. The molecule has 0 unspecified atom stereocenters. The maximum Gasteiger partial charge on any atom is 0.160 e. The zero-order chi connectivity index (χ0) is 18.8. The summed E-state index contributed by atoms with van der Waals surface area (Å²) in [7, 11) is 1.54. The molecule has 2 N–H and O–H groups in total. The normalized spacial score (nSPS) is 10.9. The SMILES string of the molecule is COc1ccc(CNc2ncnc3scc(-c4ccc(C)cc4)c23)cc1O. The van der Waals surface area contributed by atoms with Crippen molar-refractivity contribution in [2.45, 2.75) is 13.5 Å². The van der Waals surface area contributed by atoms with Crippen LogP contribution in [0, 0.1) is 6.92 Å². The number of aromatic hydroxyl groups is 1. The van der Waals surface area contributed by atoms with Gasteiger partial charge in [0, 0.05) is 17.5 Å². The first-order chi connectivity index (χ1) is 13.2. The molecule has 4 aromatic rings. The van der Waals surface area contributed by atoms with Crippen LogP contribution in [0.3, 0.4) is 0 Å². The Morgan fingerprint density at radius 1 is 1.11 bits per heavy atom. The van der Waals surface area contributed by atoms with Gasteiger partial charge in [0.25, 0.3) is 0 Å². The molecule has 6 heteroatoms. The molecule has 2 heterocycles. The van der Waals surface area contributed by atoms with Gasteiger partial charge in [-0.2, -0.15) is 0 Å². The Balaban J connectivity index is 1.67. The molecule has 0 bridgehead atoms. The first-order valence-corrected chi connectivity index (χ1v) is 9.42. The number of aromatic nitrogens is 2. The maximum absolute atomic E-state index is 9.97. The number of anilines is 1. The van der Waals surface area contributed by atoms with Crippen LogP contribution in [0.15, 0.2) is 54.2 Å². The van der Waals surface area contributed by atoms with E-state index in [2.05, 4.69) is 51.9 Å².